The molecule has 0 radical (unpaired) electrons. The first kappa shape index (κ1) is 75.3. The number of allylic oxidation sites excluding steroid dienone is 4. The van der Waals surface area contributed by atoms with Crippen LogP contribution in [0.5, 0.6) is 0 Å². The molecule has 6 nitrogen and oxygen atoms in total. The quantitative estimate of drug-likeness (QED) is 0.0320. The third-order valence-corrected chi connectivity index (χ3v) is 16.5. The topological polar surface area (TPSA) is 95.9 Å². The predicted octanol–water partition coefficient (Wildman–Crippen LogP) is 22.5. The summed E-state index contributed by atoms with van der Waals surface area (Å²) in [6.45, 7) is 4.99. The lowest BCUT2D eigenvalue weighted by Gasteiger charge is -2.22. The molecule has 0 rings (SSSR count). The normalized spacial score (nSPS) is 12.6. The van der Waals surface area contributed by atoms with Gasteiger partial charge in [-0.1, -0.05) is 346 Å². The Morgan fingerprint density at radius 2 is 0.649 bits per heavy atom. The van der Waals surface area contributed by atoms with Gasteiger partial charge in [0.25, 0.3) is 0 Å². The van der Waals surface area contributed by atoms with E-state index in [-0.39, 0.29) is 18.5 Å². The van der Waals surface area contributed by atoms with Crippen molar-refractivity contribution in [1.29, 1.82) is 0 Å². The molecule has 2 atom stereocenters. The maximum atomic E-state index is 12.5. The van der Waals surface area contributed by atoms with Crippen LogP contribution in [0.3, 0.4) is 0 Å². The lowest BCUT2D eigenvalue weighted by Crippen LogP contribution is -2.45. The second kappa shape index (κ2) is 66.8. The van der Waals surface area contributed by atoms with E-state index in [1.54, 1.807) is 0 Å². The van der Waals surface area contributed by atoms with Gasteiger partial charge in [0.15, 0.2) is 0 Å². The predicted molar refractivity (Wildman–Crippen MR) is 338 cm³/mol. The van der Waals surface area contributed by atoms with Gasteiger partial charge in [-0.25, -0.2) is 0 Å². The number of aliphatic hydroxyl groups is 2. The fraction of sp³-hybridized carbons (Fsp3) is 0.915. The van der Waals surface area contributed by atoms with Gasteiger partial charge in [-0.3, -0.25) is 9.59 Å². The van der Waals surface area contributed by atoms with E-state index < -0.39 is 12.1 Å². The van der Waals surface area contributed by atoms with E-state index in [0.29, 0.717) is 25.9 Å². The third kappa shape index (κ3) is 63.4. The molecule has 2 unspecified atom stereocenters. The number of nitrogens with one attached hydrogen (secondary N) is 1. The molecule has 77 heavy (non-hydrogen) atoms. The first-order chi connectivity index (χ1) is 38.0. The Labute approximate surface area is 481 Å². The molecule has 0 saturated heterocycles. The minimum absolute atomic E-state index is 0.0150. The summed E-state index contributed by atoms with van der Waals surface area (Å²) < 4.78 is 5.49. The van der Waals surface area contributed by atoms with E-state index in [9.17, 15) is 19.8 Å². The van der Waals surface area contributed by atoms with Gasteiger partial charge >= 0.3 is 5.97 Å². The highest BCUT2D eigenvalue weighted by Crippen LogP contribution is 2.19. The molecule has 0 aromatic heterocycles. The Hall–Kier alpha value is -1.66. The Morgan fingerprint density at radius 3 is 0.987 bits per heavy atom. The van der Waals surface area contributed by atoms with Crippen molar-refractivity contribution in [2.75, 3.05) is 13.2 Å². The molecule has 1 amide bonds. The maximum Gasteiger partial charge on any atom is 0.305 e. The molecule has 0 aliphatic heterocycles. The second-order valence-corrected chi connectivity index (χ2v) is 24.2. The van der Waals surface area contributed by atoms with Crippen LogP contribution in [0.4, 0.5) is 0 Å². The van der Waals surface area contributed by atoms with Crippen molar-refractivity contribution in [3.63, 3.8) is 0 Å². The number of carbonyl (C=O) groups is 2. The summed E-state index contributed by atoms with van der Waals surface area (Å²) >= 11 is 0. The van der Waals surface area contributed by atoms with Crippen LogP contribution in [0.25, 0.3) is 0 Å². The van der Waals surface area contributed by atoms with Gasteiger partial charge in [0.2, 0.25) is 5.91 Å². The van der Waals surface area contributed by atoms with Crippen molar-refractivity contribution in [3.8, 4) is 0 Å². The Morgan fingerprint density at radius 1 is 0.364 bits per heavy atom. The molecule has 0 fully saturated rings. The molecule has 0 aromatic carbocycles. The van der Waals surface area contributed by atoms with Crippen molar-refractivity contribution in [2.45, 2.75) is 405 Å². The van der Waals surface area contributed by atoms with Gasteiger partial charge in [-0.05, 0) is 57.8 Å². The Bertz CT molecular complexity index is 1200. The highest BCUT2D eigenvalue weighted by atomic mass is 16.5. The zero-order chi connectivity index (χ0) is 55.7. The fourth-order valence-electron chi connectivity index (χ4n) is 11.1. The average Bonchev–Trinajstić information content (AvgIpc) is 3.43. The van der Waals surface area contributed by atoms with E-state index in [0.717, 1.165) is 44.9 Å². The van der Waals surface area contributed by atoms with Gasteiger partial charge in [-0.15, -0.1) is 0 Å². The number of hydrogen-bond donors (Lipinski definition) is 3. The first-order valence-corrected chi connectivity index (χ1v) is 35.1. The minimum Gasteiger partial charge on any atom is -0.466 e. The molecular weight excluding hydrogens is 947 g/mol. The summed E-state index contributed by atoms with van der Waals surface area (Å²) in [6, 6.07) is -0.542. The number of unbranched alkanes of at least 4 members (excludes halogenated alkanes) is 51. The van der Waals surface area contributed by atoms with Gasteiger partial charge in [0, 0.05) is 12.8 Å². The van der Waals surface area contributed by atoms with Gasteiger partial charge < -0.3 is 20.3 Å². The molecule has 0 aliphatic rings. The summed E-state index contributed by atoms with van der Waals surface area (Å²) in [7, 11) is 0. The summed E-state index contributed by atoms with van der Waals surface area (Å²) in [6.07, 6.45) is 83.6. The van der Waals surface area contributed by atoms with Crippen LogP contribution in [0.1, 0.15) is 393 Å². The first-order valence-electron chi connectivity index (χ1n) is 35.1. The van der Waals surface area contributed by atoms with Gasteiger partial charge in [0.1, 0.15) is 0 Å². The highest BCUT2D eigenvalue weighted by molar-refractivity contribution is 5.76. The zero-order valence-electron chi connectivity index (χ0n) is 52.2. The largest absolute Gasteiger partial charge is 0.466 e. The SMILES string of the molecule is CCCCCCCCCCCCCCCCCCCC(O)C(CO)NC(=O)CCCCCCCCCCCCCCC/C=C\C/C=C\CCCCCCCCCCCOC(=O)CCCCCCCCCCCCCCCC. The van der Waals surface area contributed by atoms with E-state index in [4.69, 9.17) is 4.74 Å². The molecule has 456 valence electrons. The molecule has 0 aromatic rings. The number of amides is 1. The van der Waals surface area contributed by atoms with E-state index in [1.807, 2.05) is 0 Å². The number of esters is 1. The summed E-state index contributed by atoms with van der Waals surface area (Å²) in [5.41, 5.74) is 0. The van der Waals surface area contributed by atoms with Crippen LogP contribution >= 0.6 is 0 Å². The Kier molecular flexibility index (Phi) is 65.4. The van der Waals surface area contributed by atoms with Crippen LogP contribution in [-0.4, -0.2) is 47.4 Å². The monoisotopic (exact) mass is 1080 g/mol. The van der Waals surface area contributed by atoms with Crippen molar-refractivity contribution < 1.29 is 24.5 Å². The molecular formula is C71H137NO5. The molecule has 0 aliphatic carbocycles. The van der Waals surface area contributed by atoms with Crippen LogP contribution in [-0.2, 0) is 14.3 Å². The summed E-state index contributed by atoms with van der Waals surface area (Å²) in [4.78, 5) is 24.6. The smallest absolute Gasteiger partial charge is 0.305 e. The van der Waals surface area contributed by atoms with E-state index in [2.05, 4.69) is 43.5 Å². The molecule has 0 bridgehead atoms. The Balaban J connectivity index is 3.39. The zero-order valence-corrected chi connectivity index (χ0v) is 52.2. The average molecular weight is 1080 g/mol. The van der Waals surface area contributed by atoms with Crippen LogP contribution < -0.4 is 5.32 Å². The fourth-order valence-corrected chi connectivity index (χ4v) is 11.1. The molecule has 0 spiro atoms. The number of carbonyl (C=O) groups excluding carboxylic acids is 2. The number of rotatable bonds is 66. The van der Waals surface area contributed by atoms with Crippen LogP contribution in [0, 0.1) is 0 Å². The van der Waals surface area contributed by atoms with Crippen molar-refractivity contribution in [2.24, 2.45) is 0 Å². The van der Waals surface area contributed by atoms with Gasteiger partial charge in [-0.2, -0.15) is 0 Å². The lowest BCUT2D eigenvalue weighted by molar-refractivity contribution is -0.143. The third-order valence-electron chi connectivity index (χ3n) is 16.5. The molecule has 0 saturated carbocycles. The van der Waals surface area contributed by atoms with E-state index >= 15 is 0 Å². The van der Waals surface area contributed by atoms with Crippen LogP contribution in [0.2, 0.25) is 0 Å². The molecule has 6 heteroatoms. The van der Waals surface area contributed by atoms with Crippen LogP contribution in [0.15, 0.2) is 24.3 Å². The summed E-state index contributed by atoms with van der Waals surface area (Å²) in [5.74, 6) is -0.0176. The second-order valence-electron chi connectivity index (χ2n) is 24.2. The number of aliphatic hydroxyl groups excluding tert-OH is 2. The maximum absolute atomic E-state index is 12.5. The van der Waals surface area contributed by atoms with Gasteiger partial charge in [0.05, 0.1) is 25.4 Å². The molecule has 3 N–H and O–H groups in total. The minimum atomic E-state index is -0.665. The summed E-state index contributed by atoms with van der Waals surface area (Å²) in [5, 5.41) is 23.4. The van der Waals surface area contributed by atoms with Crippen molar-refractivity contribution in [1.82, 2.24) is 5.32 Å². The standard InChI is InChI=1S/C71H137NO5/c1-3-5-7-9-11-13-15-17-19-33-36-39-43-47-51-55-59-63-69(74)68(67-73)72-70(75)64-60-56-52-48-44-40-37-34-31-29-27-25-23-21-20-22-24-26-28-30-32-35-38-42-46-50-54-58-62-66-77-71(76)65-61-57-53-49-45-41-18-16-14-12-10-8-6-4-2/h20,22,26,28,68-69,73-74H,3-19,21,23-25,27,29-67H2,1-2H3,(H,72,75)/b22-20-,28-26-. The highest BCUT2D eigenvalue weighted by Gasteiger charge is 2.20. The number of hydrogen-bond acceptors (Lipinski definition) is 5. The molecule has 0 heterocycles. The number of ether oxygens (including phenoxy) is 1. The van der Waals surface area contributed by atoms with Crippen molar-refractivity contribution in [3.05, 3.63) is 24.3 Å². The lowest BCUT2D eigenvalue weighted by atomic mass is 10.0. The van der Waals surface area contributed by atoms with E-state index in [1.165, 1.54) is 315 Å². The van der Waals surface area contributed by atoms with Crippen molar-refractivity contribution >= 4 is 11.9 Å².